The van der Waals surface area contributed by atoms with E-state index in [-0.39, 0.29) is 19.4 Å². The highest BCUT2D eigenvalue weighted by atomic mass is 16.6. The Morgan fingerprint density at radius 2 is 1.93 bits per heavy atom. The molecule has 1 aromatic carbocycles. The van der Waals surface area contributed by atoms with Gasteiger partial charge < -0.3 is 25.7 Å². The van der Waals surface area contributed by atoms with Crippen molar-refractivity contribution in [1.82, 2.24) is 20.2 Å². The quantitative estimate of drug-likeness (QED) is 0.164. The van der Waals surface area contributed by atoms with Crippen LogP contribution < -0.4 is 16.0 Å². The molecule has 44 heavy (non-hydrogen) atoms. The maximum Gasteiger partial charge on any atom is 0.369 e. The average Bonchev–Trinajstić information content (AvgIpc) is 3.71. The molecule has 17 nitrogen and oxygen atoms in total. The summed E-state index contributed by atoms with van der Waals surface area (Å²) >= 11 is 0. The topological polar surface area (TPSA) is 237 Å². The van der Waals surface area contributed by atoms with E-state index in [0.29, 0.717) is 18.5 Å². The molecule has 1 aliphatic heterocycles. The second-order valence-electron chi connectivity index (χ2n) is 10.5. The molecule has 238 valence electrons. The molecule has 0 unspecified atom stereocenters. The van der Waals surface area contributed by atoms with Crippen LogP contribution in [0.5, 0.6) is 0 Å². The number of ether oxygens (including phenoxy) is 1. The zero-order valence-corrected chi connectivity index (χ0v) is 24.8. The Balaban J connectivity index is 2.20. The zero-order valence-electron chi connectivity index (χ0n) is 24.8. The Hall–Kier alpha value is -4.93. The van der Waals surface area contributed by atoms with E-state index in [1.165, 1.54) is 37.5 Å². The summed E-state index contributed by atoms with van der Waals surface area (Å²) in [5.41, 5.74) is 4.32. The second-order valence-corrected chi connectivity index (χ2v) is 10.5. The number of rotatable bonds is 13. The Morgan fingerprint density at radius 3 is 2.50 bits per heavy atom. The Kier molecular flexibility index (Phi) is 11.1. The minimum atomic E-state index is -1.54. The van der Waals surface area contributed by atoms with E-state index in [1.54, 1.807) is 13.8 Å². The molecule has 0 aliphatic carbocycles. The van der Waals surface area contributed by atoms with E-state index < -0.39 is 80.7 Å². The van der Waals surface area contributed by atoms with Gasteiger partial charge in [-0.1, -0.05) is 26.3 Å². The molecule has 3 rings (SSSR count). The van der Waals surface area contributed by atoms with Crippen LogP contribution in [0, 0.1) is 26.1 Å². The lowest BCUT2D eigenvalue weighted by Gasteiger charge is -2.36. The van der Waals surface area contributed by atoms with Crippen molar-refractivity contribution in [2.24, 2.45) is 11.7 Å². The molecular weight excluding hydrogens is 580 g/mol. The van der Waals surface area contributed by atoms with Crippen LogP contribution in [0.3, 0.4) is 0 Å². The molecule has 0 spiro atoms. The number of para-hydroxylation sites is 1. The summed E-state index contributed by atoms with van der Waals surface area (Å²) in [5, 5.41) is 26.6. The highest BCUT2D eigenvalue weighted by molar-refractivity contribution is 6.06. The predicted molar refractivity (Wildman–Crippen MR) is 155 cm³/mol. The first kappa shape index (κ1) is 33.6. The van der Waals surface area contributed by atoms with Gasteiger partial charge in [-0.2, -0.15) is 0 Å². The summed E-state index contributed by atoms with van der Waals surface area (Å²) in [6.45, 7) is 5.00. The summed E-state index contributed by atoms with van der Waals surface area (Å²) in [7, 11) is 1.17. The fourth-order valence-electron chi connectivity index (χ4n) is 5.08. The number of nitro benzene ring substituents is 2. The number of nitrogens with two attached hydrogens (primary N) is 1. The molecule has 1 aromatic heterocycles. The third-order valence-electron chi connectivity index (χ3n) is 7.73. The summed E-state index contributed by atoms with van der Waals surface area (Å²) in [6.07, 6.45) is 3.57. The van der Waals surface area contributed by atoms with Crippen LogP contribution in [0.1, 0.15) is 45.7 Å². The number of nitrogens with one attached hydrogen (secondary N) is 2. The lowest BCUT2D eigenvalue weighted by atomic mass is 9.96. The van der Waals surface area contributed by atoms with E-state index >= 15 is 0 Å². The maximum atomic E-state index is 14.4. The number of H-pyrrole nitrogens is 1. The monoisotopic (exact) mass is 616 g/mol. The molecule has 0 radical (unpaired) electrons. The first-order valence-electron chi connectivity index (χ1n) is 14.0. The van der Waals surface area contributed by atoms with Crippen molar-refractivity contribution < 1.29 is 33.8 Å². The van der Waals surface area contributed by atoms with Crippen LogP contribution in [0.15, 0.2) is 30.7 Å². The summed E-state index contributed by atoms with van der Waals surface area (Å²) < 4.78 is 4.66. The third kappa shape index (κ3) is 7.16. The number of likely N-dealkylation sites (tertiary alicyclic amines) is 1. The van der Waals surface area contributed by atoms with E-state index in [2.05, 4.69) is 20.0 Å². The number of carbonyl (C=O) groups excluding carboxylic acids is 4. The van der Waals surface area contributed by atoms with E-state index in [4.69, 9.17) is 5.73 Å². The number of aromatic amines is 1. The van der Waals surface area contributed by atoms with Crippen molar-refractivity contribution in [3.05, 3.63) is 56.6 Å². The minimum Gasteiger partial charge on any atom is -0.467 e. The highest BCUT2D eigenvalue weighted by Gasteiger charge is 2.45. The zero-order chi connectivity index (χ0) is 32.7. The number of benzene rings is 1. The lowest BCUT2D eigenvalue weighted by molar-refractivity contribution is -0.422. The normalized spacial score (nSPS) is 17.2. The average molecular weight is 617 g/mol. The van der Waals surface area contributed by atoms with Gasteiger partial charge in [0.25, 0.3) is 0 Å². The van der Waals surface area contributed by atoms with Gasteiger partial charge in [0.1, 0.15) is 23.8 Å². The maximum absolute atomic E-state index is 14.4. The van der Waals surface area contributed by atoms with Gasteiger partial charge in [-0.05, 0) is 31.7 Å². The molecule has 0 bridgehead atoms. The number of methoxy groups -OCH3 is 1. The van der Waals surface area contributed by atoms with Crippen LogP contribution in [-0.2, 0) is 30.3 Å². The van der Waals surface area contributed by atoms with Gasteiger partial charge in [-0.25, -0.2) is 9.78 Å². The number of hydrogen-bond acceptors (Lipinski definition) is 11. The number of anilines is 1. The van der Waals surface area contributed by atoms with Crippen molar-refractivity contribution in [3.63, 3.8) is 0 Å². The highest BCUT2D eigenvalue weighted by Crippen LogP contribution is 2.39. The van der Waals surface area contributed by atoms with Crippen molar-refractivity contribution in [2.75, 3.05) is 18.6 Å². The summed E-state index contributed by atoms with van der Waals surface area (Å²) in [5.74, 6) is -3.39. The smallest absolute Gasteiger partial charge is 0.369 e. The molecule has 0 saturated carbocycles. The SMILES string of the molecule is CC[C@H](C)[C@H](N)C(=O)N(c1cccc([N+](=O)[O-])c1[N+](=O)[O-])[C@@H](Cc1cnc[nH]1)C(=O)N1CCC[C@H]1C(=O)N[C@@H](C)C(=O)OC. The van der Waals surface area contributed by atoms with Crippen LogP contribution >= 0.6 is 0 Å². The largest absolute Gasteiger partial charge is 0.467 e. The first-order valence-corrected chi connectivity index (χ1v) is 14.0. The van der Waals surface area contributed by atoms with Gasteiger partial charge in [-0.3, -0.25) is 39.5 Å². The standard InChI is InChI=1S/C27H36N8O9/c1-5-15(2)22(28)26(38)33(18-8-6-9-19(34(40)41)23(18)35(42)43)21(12-17-13-29-14-30-17)25(37)32-11-7-10-20(32)24(36)31-16(3)27(39)44-4/h6,8-9,13-16,20-22H,5,7,10-12,28H2,1-4H3,(H,29,30)(H,31,36)/t15-,16-,20-,21-,22-/m0/s1. The van der Waals surface area contributed by atoms with Crippen LogP contribution in [0.25, 0.3) is 0 Å². The van der Waals surface area contributed by atoms with Gasteiger partial charge in [0.05, 0.1) is 29.3 Å². The number of aromatic nitrogens is 2. The summed E-state index contributed by atoms with van der Waals surface area (Å²) in [6, 6.07) is -1.59. The van der Waals surface area contributed by atoms with Gasteiger partial charge in [0, 0.05) is 30.9 Å². The van der Waals surface area contributed by atoms with E-state index in [0.717, 1.165) is 17.0 Å². The predicted octanol–water partition coefficient (Wildman–Crippen LogP) is 1.21. The molecule has 1 aliphatic rings. The number of nitro groups is 2. The fourth-order valence-corrected chi connectivity index (χ4v) is 5.08. The Bertz CT molecular complexity index is 1400. The van der Waals surface area contributed by atoms with Gasteiger partial charge >= 0.3 is 17.3 Å². The van der Waals surface area contributed by atoms with E-state index in [1.807, 2.05) is 0 Å². The number of imidazole rings is 1. The molecular formula is C27H36N8O9. The number of amides is 3. The first-order chi connectivity index (χ1) is 20.8. The molecule has 17 heteroatoms. The lowest BCUT2D eigenvalue weighted by Crippen LogP contribution is -2.59. The molecule has 4 N–H and O–H groups in total. The van der Waals surface area contributed by atoms with Gasteiger partial charge in [0.2, 0.25) is 17.7 Å². The number of esters is 1. The molecule has 1 saturated heterocycles. The van der Waals surface area contributed by atoms with Crippen LogP contribution in [-0.4, -0.2) is 86.2 Å². The number of carbonyl (C=O) groups is 4. The van der Waals surface area contributed by atoms with Crippen LogP contribution in [0.4, 0.5) is 17.1 Å². The van der Waals surface area contributed by atoms with Crippen molar-refractivity contribution in [1.29, 1.82) is 0 Å². The number of hydrogen-bond donors (Lipinski definition) is 3. The number of nitrogens with zero attached hydrogens (tertiary/aromatic N) is 5. The molecule has 2 aromatic rings. The Morgan fingerprint density at radius 1 is 1.23 bits per heavy atom. The van der Waals surface area contributed by atoms with E-state index in [9.17, 15) is 39.4 Å². The van der Waals surface area contributed by atoms with Gasteiger partial charge in [0.15, 0.2) is 0 Å². The molecule has 2 heterocycles. The van der Waals surface area contributed by atoms with Crippen molar-refractivity contribution in [3.8, 4) is 0 Å². The molecule has 3 amide bonds. The van der Waals surface area contributed by atoms with Gasteiger partial charge in [-0.15, -0.1) is 0 Å². The molecule has 1 fully saturated rings. The second kappa shape index (κ2) is 14.5. The van der Waals surface area contributed by atoms with Crippen molar-refractivity contribution >= 4 is 40.8 Å². The summed E-state index contributed by atoms with van der Waals surface area (Å²) in [4.78, 5) is 84.7. The minimum absolute atomic E-state index is 0.0967. The van der Waals surface area contributed by atoms with Crippen LogP contribution in [0.2, 0.25) is 0 Å². The molecule has 5 atom stereocenters. The Labute approximate surface area is 252 Å². The van der Waals surface area contributed by atoms with Crippen molar-refractivity contribution in [2.45, 2.75) is 70.6 Å². The third-order valence-corrected chi connectivity index (χ3v) is 7.73. The fraction of sp³-hybridized carbons (Fsp3) is 0.519.